The van der Waals surface area contributed by atoms with Gasteiger partial charge in [0.25, 0.3) is 0 Å². The van der Waals surface area contributed by atoms with Gasteiger partial charge in [0.05, 0.1) is 19.9 Å². The average molecular weight is 259 g/mol. The highest BCUT2D eigenvalue weighted by atomic mass is 16.5. The van der Waals surface area contributed by atoms with E-state index in [4.69, 9.17) is 15.2 Å². The second-order valence-electron chi connectivity index (χ2n) is 4.29. The van der Waals surface area contributed by atoms with Crippen molar-refractivity contribution in [3.05, 3.63) is 29.3 Å². The van der Waals surface area contributed by atoms with Crippen LogP contribution in [0.3, 0.4) is 0 Å². The maximum atomic E-state index is 5.76. The van der Waals surface area contributed by atoms with E-state index in [1.54, 1.807) is 14.2 Å². The first-order valence-corrected chi connectivity index (χ1v) is 5.89. The monoisotopic (exact) mass is 259 g/mol. The summed E-state index contributed by atoms with van der Waals surface area (Å²) < 4.78 is 10.5. The van der Waals surface area contributed by atoms with Gasteiger partial charge in [0, 0.05) is 11.6 Å². The number of anilines is 1. The summed E-state index contributed by atoms with van der Waals surface area (Å²) in [6.45, 7) is 3.90. The molecule has 0 bridgehead atoms. The summed E-state index contributed by atoms with van der Waals surface area (Å²) in [6.07, 6.45) is 0. The first kappa shape index (κ1) is 13.1. The molecule has 0 unspecified atom stereocenters. The average Bonchev–Trinajstić information content (AvgIpc) is 2.44. The van der Waals surface area contributed by atoms with Crippen LogP contribution in [0.5, 0.6) is 11.5 Å². The van der Waals surface area contributed by atoms with Crippen LogP contribution in [-0.2, 0) is 0 Å². The van der Waals surface area contributed by atoms with Gasteiger partial charge in [-0.3, -0.25) is 0 Å². The summed E-state index contributed by atoms with van der Waals surface area (Å²) in [5, 5.41) is 8.15. The first-order chi connectivity index (χ1) is 9.06. The zero-order chi connectivity index (χ0) is 14.0. The van der Waals surface area contributed by atoms with E-state index < -0.39 is 0 Å². The van der Waals surface area contributed by atoms with E-state index in [0.29, 0.717) is 17.3 Å². The van der Waals surface area contributed by atoms with Crippen LogP contribution < -0.4 is 15.2 Å². The van der Waals surface area contributed by atoms with E-state index in [1.165, 1.54) is 0 Å². The van der Waals surface area contributed by atoms with Gasteiger partial charge in [0.15, 0.2) is 0 Å². The Morgan fingerprint density at radius 1 is 0.895 bits per heavy atom. The molecule has 2 N–H and O–H groups in total. The van der Waals surface area contributed by atoms with Gasteiger partial charge in [-0.05, 0) is 37.1 Å². The number of hydrogen-bond acceptors (Lipinski definition) is 5. The molecular formula is C14H17N3O2. The highest BCUT2D eigenvalue weighted by Crippen LogP contribution is 2.31. The molecule has 0 aliphatic rings. The highest BCUT2D eigenvalue weighted by molar-refractivity contribution is 5.69. The molecule has 5 heteroatoms. The Bertz CT molecular complexity index is 590. The number of methoxy groups -OCH3 is 2. The number of nitrogen functional groups attached to an aromatic ring is 1. The number of aromatic nitrogens is 2. The Labute approximate surface area is 112 Å². The van der Waals surface area contributed by atoms with Crippen LogP contribution in [0.25, 0.3) is 11.3 Å². The molecule has 2 aromatic rings. The molecule has 0 radical (unpaired) electrons. The third-order valence-corrected chi connectivity index (χ3v) is 3.18. The Kier molecular flexibility index (Phi) is 3.55. The summed E-state index contributed by atoms with van der Waals surface area (Å²) >= 11 is 0. The molecule has 19 heavy (non-hydrogen) atoms. The fraction of sp³-hybridized carbons (Fsp3) is 0.286. The van der Waals surface area contributed by atoms with Crippen molar-refractivity contribution in [3.63, 3.8) is 0 Å². The third kappa shape index (κ3) is 2.45. The van der Waals surface area contributed by atoms with E-state index >= 15 is 0 Å². The number of hydrogen-bond donors (Lipinski definition) is 1. The predicted octanol–water partition coefficient (Wildman–Crippen LogP) is 2.36. The highest BCUT2D eigenvalue weighted by Gasteiger charge is 2.12. The fourth-order valence-corrected chi connectivity index (χ4v) is 1.84. The van der Waals surface area contributed by atoms with Crippen LogP contribution in [0, 0.1) is 13.8 Å². The number of ether oxygens (including phenoxy) is 2. The minimum absolute atomic E-state index is 0.455. The molecule has 0 atom stereocenters. The van der Waals surface area contributed by atoms with Crippen molar-refractivity contribution in [1.82, 2.24) is 10.2 Å². The molecule has 0 saturated carbocycles. The van der Waals surface area contributed by atoms with Gasteiger partial charge in [-0.25, -0.2) is 0 Å². The molecule has 0 amide bonds. The van der Waals surface area contributed by atoms with Gasteiger partial charge >= 0.3 is 0 Å². The molecule has 100 valence electrons. The summed E-state index contributed by atoms with van der Waals surface area (Å²) in [7, 11) is 3.23. The lowest BCUT2D eigenvalue weighted by Crippen LogP contribution is -2.02. The van der Waals surface area contributed by atoms with Gasteiger partial charge in [0.2, 0.25) is 0 Å². The summed E-state index contributed by atoms with van der Waals surface area (Å²) in [5.41, 5.74) is 9.37. The Balaban J connectivity index is 2.61. The van der Waals surface area contributed by atoms with Crippen LogP contribution in [0.2, 0.25) is 0 Å². The summed E-state index contributed by atoms with van der Waals surface area (Å²) in [4.78, 5) is 0. The minimum atomic E-state index is 0.455. The molecule has 1 heterocycles. The second kappa shape index (κ2) is 5.14. The van der Waals surface area contributed by atoms with E-state index in [2.05, 4.69) is 10.2 Å². The maximum absolute atomic E-state index is 5.76. The Morgan fingerprint density at radius 2 is 1.47 bits per heavy atom. The van der Waals surface area contributed by atoms with Crippen LogP contribution in [0.15, 0.2) is 18.2 Å². The minimum Gasteiger partial charge on any atom is -0.497 e. The molecule has 0 aliphatic heterocycles. The van der Waals surface area contributed by atoms with Gasteiger partial charge in [0.1, 0.15) is 17.3 Å². The Morgan fingerprint density at radius 3 is 2.00 bits per heavy atom. The lowest BCUT2D eigenvalue weighted by Gasteiger charge is -2.11. The lowest BCUT2D eigenvalue weighted by molar-refractivity contribution is 0.394. The lowest BCUT2D eigenvalue weighted by atomic mass is 10.0. The fourth-order valence-electron chi connectivity index (χ4n) is 1.84. The third-order valence-electron chi connectivity index (χ3n) is 3.18. The van der Waals surface area contributed by atoms with Crippen LogP contribution in [0.1, 0.15) is 11.1 Å². The zero-order valence-electron chi connectivity index (χ0n) is 11.5. The number of benzene rings is 1. The predicted molar refractivity (Wildman–Crippen MR) is 74.5 cm³/mol. The van der Waals surface area contributed by atoms with Crippen molar-refractivity contribution in [2.75, 3.05) is 20.0 Å². The number of nitrogens with two attached hydrogens (primary N) is 1. The zero-order valence-corrected chi connectivity index (χ0v) is 11.5. The van der Waals surface area contributed by atoms with Crippen molar-refractivity contribution in [2.24, 2.45) is 0 Å². The van der Waals surface area contributed by atoms with Crippen LogP contribution in [0.4, 0.5) is 5.82 Å². The maximum Gasteiger partial charge on any atom is 0.149 e. The van der Waals surface area contributed by atoms with Gasteiger partial charge in [-0.15, -0.1) is 10.2 Å². The standard InChI is InChI=1S/C14H17N3O2/c1-8-9(2)14(15)17-16-13(8)10-5-11(18-3)7-12(6-10)19-4/h5-7H,1-4H3,(H2,15,17). The number of rotatable bonds is 3. The summed E-state index contributed by atoms with van der Waals surface area (Å²) in [6, 6.07) is 5.61. The molecule has 1 aromatic carbocycles. The molecular weight excluding hydrogens is 242 g/mol. The quantitative estimate of drug-likeness (QED) is 0.916. The van der Waals surface area contributed by atoms with Crippen LogP contribution in [-0.4, -0.2) is 24.4 Å². The van der Waals surface area contributed by atoms with Gasteiger partial charge in [-0.2, -0.15) is 0 Å². The summed E-state index contributed by atoms with van der Waals surface area (Å²) in [5.74, 6) is 1.88. The molecule has 5 nitrogen and oxygen atoms in total. The topological polar surface area (TPSA) is 70.3 Å². The molecule has 1 aromatic heterocycles. The van der Waals surface area contributed by atoms with E-state index in [9.17, 15) is 0 Å². The number of nitrogens with zero attached hydrogens (tertiary/aromatic N) is 2. The van der Waals surface area contributed by atoms with E-state index in [-0.39, 0.29) is 0 Å². The Hall–Kier alpha value is -2.30. The smallest absolute Gasteiger partial charge is 0.149 e. The molecule has 0 spiro atoms. The van der Waals surface area contributed by atoms with Gasteiger partial charge in [-0.1, -0.05) is 0 Å². The van der Waals surface area contributed by atoms with Crippen molar-refractivity contribution in [1.29, 1.82) is 0 Å². The molecule has 0 aliphatic carbocycles. The first-order valence-electron chi connectivity index (χ1n) is 5.89. The molecule has 0 fully saturated rings. The molecule has 2 rings (SSSR count). The van der Waals surface area contributed by atoms with Crippen molar-refractivity contribution < 1.29 is 9.47 Å². The second-order valence-corrected chi connectivity index (χ2v) is 4.29. The SMILES string of the molecule is COc1cc(OC)cc(-c2nnc(N)c(C)c2C)c1. The van der Waals surface area contributed by atoms with Crippen molar-refractivity contribution in [2.45, 2.75) is 13.8 Å². The normalized spacial score (nSPS) is 10.3. The largest absolute Gasteiger partial charge is 0.497 e. The van der Waals surface area contributed by atoms with E-state index in [1.807, 2.05) is 32.0 Å². The molecule has 0 saturated heterocycles. The van der Waals surface area contributed by atoms with E-state index in [0.717, 1.165) is 22.4 Å². The van der Waals surface area contributed by atoms with Crippen LogP contribution >= 0.6 is 0 Å². The van der Waals surface area contributed by atoms with Gasteiger partial charge < -0.3 is 15.2 Å². The van der Waals surface area contributed by atoms with Crippen molar-refractivity contribution >= 4 is 5.82 Å². The van der Waals surface area contributed by atoms with Crippen molar-refractivity contribution in [3.8, 4) is 22.8 Å².